The highest BCUT2D eigenvalue weighted by Crippen LogP contribution is 2.26. The third kappa shape index (κ3) is 38.9. The highest BCUT2D eigenvalue weighted by Gasteiger charge is 2.48. The molecule has 6 N–H and O–H groups in total. The van der Waals surface area contributed by atoms with E-state index in [4.69, 9.17) is 9.47 Å². The summed E-state index contributed by atoms with van der Waals surface area (Å²) in [5.41, 5.74) is 0. The van der Waals surface area contributed by atoms with Gasteiger partial charge in [0.1, 0.15) is 24.4 Å². The predicted molar refractivity (Wildman–Crippen MR) is 287 cm³/mol. The highest BCUT2D eigenvalue weighted by molar-refractivity contribution is 7.80. The Labute approximate surface area is 428 Å². The summed E-state index contributed by atoms with van der Waals surface area (Å²) in [6.07, 6.45) is 50.9. The first-order valence-corrected chi connectivity index (χ1v) is 30.2. The van der Waals surface area contributed by atoms with Gasteiger partial charge in [-0.05, 0) is 51.4 Å². The van der Waals surface area contributed by atoms with Gasteiger partial charge < -0.3 is 35.2 Å². The van der Waals surface area contributed by atoms with Gasteiger partial charge in [-0.15, -0.1) is 0 Å². The van der Waals surface area contributed by atoms with E-state index in [1.165, 1.54) is 193 Å². The van der Waals surface area contributed by atoms with Crippen LogP contribution in [0.15, 0.2) is 36.5 Å². The van der Waals surface area contributed by atoms with E-state index in [0.717, 1.165) is 44.9 Å². The molecule has 1 aliphatic heterocycles. The molecule has 12 nitrogen and oxygen atoms in total. The molecule has 70 heavy (non-hydrogen) atoms. The van der Waals surface area contributed by atoms with Crippen LogP contribution >= 0.6 is 0 Å². The molecule has 1 aliphatic rings. The number of carbonyl (C=O) groups is 1. The zero-order chi connectivity index (χ0) is 51.2. The zero-order valence-electron chi connectivity index (χ0n) is 44.6. The van der Waals surface area contributed by atoms with Crippen molar-refractivity contribution >= 4 is 16.3 Å². The maximum absolute atomic E-state index is 13.1. The number of ether oxygens (including phenoxy) is 2. The predicted octanol–water partition coefficient (Wildman–Crippen LogP) is 13.4. The average Bonchev–Trinajstić information content (AvgIpc) is 3.33. The zero-order valence-corrected chi connectivity index (χ0v) is 45.4. The highest BCUT2D eigenvalue weighted by atomic mass is 32.3. The van der Waals surface area contributed by atoms with Crippen molar-refractivity contribution in [1.29, 1.82) is 0 Å². The largest absolute Gasteiger partial charge is 0.397 e. The van der Waals surface area contributed by atoms with E-state index in [-0.39, 0.29) is 18.9 Å². The molecule has 7 unspecified atom stereocenters. The first kappa shape index (κ1) is 66.3. The molecular formula is C57H107NO11S. The molecule has 1 rings (SSSR count). The van der Waals surface area contributed by atoms with Crippen LogP contribution in [0.25, 0.3) is 0 Å². The second kappa shape index (κ2) is 47.1. The quantitative estimate of drug-likeness (QED) is 0.0193. The van der Waals surface area contributed by atoms with Crippen molar-refractivity contribution in [3.05, 3.63) is 36.5 Å². The summed E-state index contributed by atoms with van der Waals surface area (Å²) in [5.74, 6) is -0.262. The summed E-state index contributed by atoms with van der Waals surface area (Å²) in [7, 11) is -5.08. The molecule has 0 aromatic carbocycles. The van der Waals surface area contributed by atoms with Crippen molar-refractivity contribution in [3.8, 4) is 0 Å². The van der Waals surface area contributed by atoms with Crippen LogP contribution in [-0.4, -0.2) is 95.4 Å². The minimum atomic E-state index is -5.08. The standard InChI is InChI=1S/C57H107NO11S/c1-3-5-7-9-11-13-15-16-17-18-19-20-21-22-23-24-25-26-27-28-29-30-31-32-33-34-35-36-37-39-41-43-45-47-53(61)58-50(51(60)46-44-42-40-38-14-12-10-8-6-4-2)49-67-57-55(63)56(69-70(64,65)66)54(62)52(48-59)68-57/h19-20,22-23,44,46,50-52,54-57,59-60,62-63H,3-18,21,24-43,45,47-49H2,1-2H3,(H,58,61)(H,64,65,66)/b20-19-,23-22-,46-44+. The SMILES string of the molecule is CCCCCCCCCC/C=C/C(O)C(COC1OC(CO)C(O)C(OS(=O)(=O)O)C1O)NC(=O)CCCCCCCCCCCCCCCCCCC/C=C\C/C=C\CCCCCCCCCCC. The molecule has 0 spiro atoms. The number of nitrogens with one attached hydrogen (secondary N) is 1. The first-order valence-electron chi connectivity index (χ1n) is 28.9. The Morgan fingerprint density at radius 3 is 1.36 bits per heavy atom. The van der Waals surface area contributed by atoms with Gasteiger partial charge >= 0.3 is 10.4 Å². The van der Waals surface area contributed by atoms with Crippen LogP contribution < -0.4 is 5.32 Å². The fraction of sp³-hybridized carbons (Fsp3) is 0.877. The Bertz CT molecular complexity index is 1380. The number of aliphatic hydroxyl groups is 4. The van der Waals surface area contributed by atoms with Gasteiger partial charge in [0, 0.05) is 6.42 Å². The number of unbranched alkanes of at least 4 members (excludes halogenated alkanes) is 34. The smallest absolute Gasteiger partial charge is 0.394 e. The molecule has 0 bridgehead atoms. The Balaban J connectivity index is 2.20. The third-order valence-electron chi connectivity index (χ3n) is 13.7. The summed E-state index contributed by atoms with van der Waals surface area (Å²) < 4.78 is 47.7. The van der Waals surface area contributed by atoms with E-state index >= 15 is 0 Å². The van der Waals surface area contributed by atoms with Crippen LogP contribution in [0.2, 0.25) is 0 Å². The monoisotopic (exact) mass is 1010 g/mol. The lowest BCUT2D eigenvalue weighted by Gasteiger charge is -2.41. The lowest BCUT2D eigenvalue weighted by molar-refractivity contribution is -0.298. The number of hydrogen-bond donors (Lipinski definition) is 6. The van der Waals surface area contributed by atoms with Crippen LogP contribution in [0.5, 0.6) is 0 Å². The minimum Gasteiger partial charge on any atom is -0.394 e. The van der Waals surface area contributed by atoms with E-state index in [1.54, 1.807) is 6.08 Å². The number of amides is 1. The van der Waals surface area contributed by atoms with Gasteiger partial charge in [0.15, 0.2) is 6.29 Å². The number of allylic oxidation sites excluding steroid dienone is 5. The molecule has 0 radical (unpaired) electrons. The van der Waals surface area contributed by atoms with Gasteiger partial charge in [-0.1, -0.05) is 243 Å². The van der Waals surface area contributed by atoms with E-state index in [2.05, 4.69) is 47.7 Å². The van der Waals surface area contributed by atoms with E-state index < -0.39 is 59.9 Å². The Morgan fingerprint density at radius 2 is 0.957 bits per heavy atom. The minimum absolute atomic E-state index is 0.262. The van der Waals surface area contributed by atoms with Gasteiger partial charge in [0.25, 0.3) is 0 Å². The van der Waals surface area contributed by atoms with Crippen molar-refractivity contribution in [1.82, 2.24) is 5.32 Å². The van der Waals surface area contributed by atoms with Crippen molar-refractivity contribution < 1.29 is 51.8 Å². The maximum atomic E-state index is 13.1. The van der Waals surface area contributed by atoms with E-state index in [0.29, 0.717) is 6.42 Å². The van der Waals surface area contributed by atoms with Crippen molar-refractivity contribution in [2.45, 2.75) is 307 Å². The topological polar surface area (TPSA) is 192 Å². The molecule has 412 valence electrons. The first-order chi connectivity index (χ1) is 34.0. The molecule has 1 amide bonds. The number of carbonyl (C=O) groups excluding carboxylic acids is 1. The maximum Gasteiger partial charge on any atom is 0.397 e. The second-order valence-electron chi connectivity index (χ2n) is 20.2. The van der Waals surface area contributed by atoms with Crippen molar-refractivity contribution in [2.24, 2.45) is 0 Å². The summed E-state index contributed by atoms with van der Waals surface area (Å²) in [4.78, 5) is 13.1. The average molecular weight is 1010 g/mol. The number of aliphatic hydroxyl groups excluding tert-OH is 4. The summed E-state index contributed by atoms with van der Waals surface area (Å²) in [6.45, 7) is 3.38. The number of rotatable bonds is 50. The molecule has 0 saturated carbocycles. The van der Waals surface area contributed by atoms with Crippen LogP contribution in [0.3, 0.4) is 0 Å². The Hall–Kier alpha value is -1.68. The van der Waals surface area contributed by atoms with Crippen LogP contribution in [-0.2, 0) is 28.9 Å². The molecular weight excluding hydrogens is 907 g/mol. The van der Waals surface area contributed by atoms with Gasteiger partial charge in [0.2, 0.25) is 5.91 Å². The van der Waals surface area contributed by atoms with Gasteiger partial charge in [-0.3, -0.25) is 9.35 Å². The molecule has 7 atom stereocenters. The van der Waals surface area contributed by atoms with Crippen molar-refractivity contribution in [3.63, 3.8) is 0 Å². The molecule has 13 heteroatoms. The molecule has 1 saturated heterocycles. The molecule has 0 aromatic heterocycles. The van der Waals surface area contributed by atoms with Gasteiger partial charge in [-0.2, -0.15) is 8.42 Å². The molecule has 0 aromatic rings. The Morgan fingerprint density at radius 1 is 0.571 bits per heavy atom. The van der Waals surface area contributed by atoms with E-state index in [1.807, 2.05) is 6.08 Å². The van der Waals surface area contributed by atoms with Gasteiger partial charge in [-0.25, -0.2) is 4.18 Å². The Kier molecular flexibility index (Phi) is 44.6. The molecule has 0 aliphatic carbocycles. The summed E-state index contributed by atoms with van der Waals surface area (Å²) in [5, 5.41) is 44.7. The molecule has 1 heterocycles. The van der Waals surface area contributed by atoms with Crippen LogP contribution in [0.4, 0.5) is 0 Å². The van der Waals surface area contributed by atoms with Crippen molar-refractivity contribution in [2.75, 3.05) is 13.2 Å². The summed E-state index contributed by atoms with van der Waals surface area (Å²) >= 11 is 0. The van der Waals surface area contributed by atoms with Gasteiger partial charge in [0.05, 0.1) is 25.4 Å². The van der Waals surface area contributed by atoms with E-state index in [9.17, 15) is 38.2 Å². The normalized spacial score (nSPS) is 19.8. The summed E-state index contributed by atoms with van der Waals surface area (Å²) in [6, 6.07) is -0.941. The lowest BCUT2D eigenvalue weighted by Crippen LogP contribution is -2.61. The fourth-order valence-corrected chi connectivity index (χ4v) is 9.70. The number of hydrogen-bond acceptors (Lipinski definition) is 10. The lowest BCUT2D eigenvalue weighted by atomic mass is 9.99. The molecule has 1 fully saturated rings. The van der Waals surface area contributed by atoms with Crippen LogP contribution in [0.1, 0.15) is 264 Å². The van der Waals surface area contributed by atoms with Crippen LogP contribution in [0, 0.1) is 0 Å². The third-order valence-corrected chi connectivity index (χ3v) is 14.1. The fourth-order valence-electron chi connectivity index (χ4n) is 9.19. The second-order valence-corrected chi connectivity index (χ2v) is 21.3.